The van der Waals surface area contributed by atoms with Crippen LogP contribution in [0, 0.1) is 5.92 Å². The van der Waals surface area contributed by atoms with Crippen LogP contribution in [-0.4, -0.2) is 74.1 Å². The van der Waals surface area contributed by atoms with E-state index in [0.29, 0.717) is 62.9 Å². The second kappa shape index (κ2) is 9.68. The second-order valence-corrected chi connectivity index (χ2v) is 7.36. The molecule has 0 spiro atoms. The molecule has 0 aliphatic carbocycles. The van der Waals surface area contributed by atoms with Gasteiger partial charge in [0.1, 0.15) is 0 Å². The quantitative estimate of drug-likeness (QED) is 0.721. The van der Waals surface area contributed by atoms with Gasteiger partial charge in [-0.15, -0.1) is 0 Å². The number of carbonyl (C=O) groups excluding carboxylic acids is 3. The zero-order chi connectivity index (χ0) is 19.9. The van der Waals surface area contributed by atoms with E-state index in [1.54, 1.807) is 24.3 Å². The lowest BCUT2D eigenvalue weighted by Crippen LogP contribution is -2.42. The normalized spacial score (nSPS) is 20.0. The third kappa shape index (κ3) is 5.10. The van der Waals surface area contributed by atoms with Crippen molar-refractivity contribution in [1.29, 1.82) is 0 Å². The van der Waals surface area contributed by atoms with Crippen molar-refractivity contribution in [1.82, 2.24) is 9.80 Å². The van der Waals surface area contributed by atoms with Crippen molar-refractivity contribution in [3.05, 3.63) is 35.4 Å². The van der Waals surface area contributed by atoms with E-state index in [1.165, 1.54) is 7.11 Å². The summed E-state index contributed by atoms with van der Waals surface area (Å²) in [6.45, 7) is 3.92. The van der Waals surface area contributed by atoms with Crippen LogP contribution in [-0.2, 0) is 14.3 Å². The van der Waals surface area contributed by atoms with Crippen LogP contribution >= 0.6 is 0 Å². The summed E-state index contributed by atoms with van der Waals surface area (Å²) < 4.78 is 10.0. The Balaban J connectivity index is 1.54. The number of nitrogens with zero attached hydrogens (tertiary/aromatic N) is 2. The van der Waals surface area contributed by atoms with Crippen molar-refractivity contribution >= 4 is 17.8 Å². The maximum absolute atomic E-state index is 12.9. The van der Waals surface area contributed by atoms with Crippen LogP contribution in [0.2, 0.25) is 0 Å². The molecule has 3 rings (SSSR count). The number of benzene rings is 1. The molecule has 152 valence electrons. The standard InChI is InChI=1S/C21H28N2O5/c1-27-21(26)18-6-2-5-17(14-18)20(25)23-9-3-4-16(15-23)7-8-19(24)22-10-12-28-13-11-22/h2,5-6,14,16H,3-4,7-13,15H2,1H3/t16-/m0/s1. The monoisotopic (exact) mass is 388 g/mol. The SMILES string of the molecule is COC(=O)c1cccc(C(=O)N2CCC[C@@H](CCC(=O)N3CCOCC3)C2)c1. The Morgan fingerprint density at radius 1 is 1.11 bits per heavy atom. The highest BCUT2D eigenvalue weighted by atomic mass is 16.5. The molecule has 0 bridgehead atoms. The zero-order valence-electron chi connectivity index (χ0n) is 16.4. The lowest BCUT2D eigenvalue weighted by molar-refractivity contribution is -0.135. The van der Waals surface area contributed by atoms with Gasteiger partial charge in [0.25, 0.3) is 5.91 Å². The largest absolute Gasteiger partial charge is 0.465 e. The molecular weight excluding hydrogens is 360 g/mol. The topological polar surface area (TPSA) is 76.2 Å². The average Bonchev–Trinajstić information content (AvgIpc) is 2.77. The molecule has 0 aromatic heterocycles. The van der Waals surface area contributed by atoms with Gasteiger partial charge in [0.15, 0.2) is 0 Å². The first-order chi connectivity index (χ1) is 13.6. The summed E-state index contributed by atoms with van der Waals surface area (Å²) >= 11 is 0. The molecule has 2 aliphatic rings. The number of hydrogen-bond donors (Lipinski definition) is 0. The molecule has 1 aromatic carbocycles. The molecule has 2 saturated heterocycles. The van der Waals surface area contributed by atoms with Crippen LogP contribution in [0.1, 0.15) is 46.4 Å². The van der Waals surface area contributed by atoms with Gasteiger partial charge in [0.2, 0.25) is 5.91 Å². The Hall–Kier alpha value is -2.41. The molecule has 0 unspecified atom stereocenters. The molecule has 28 heavy (non-hydrogen) atoms. The molecule has 7 heteroatoms. The average molecular weight is 388 g/mol. The van der Waals surface area contributed by atoms with Crippen LogP contribution < -0.4 is 0 Å². The third-order valence-electron chi connectivity index (χ3n) is 5.47. The highest BCUT2D eigenvalue weighted by Crippen LogP contribution is 2.23. The molecule has 2 fully saturated rings. The van der Waals surface area contributed by atoms with Gasteiger partial charge in [0.05, 0.1) is 25.9 Å². The van der Waals surface area contributed by atoms with E-state index in [2.05, 4.69) is 0 Å². The maximum Gasteiger partial charge on any atom is 0.337 e. The Morgan fingerprint density at radius 3 is 2.61 bits per heavy atom. The van der Waals surface area contributed by atoms with Crippen molar-refractivity contribution in [2.45, 2.75) is 25.7 Å². The summed E-state index contributed by atoms with van der Waals surface area (Å²) in [5.41, 5.74) is 0.867. The predicted octanol–water partition coefficient (Wildman–Crippen LogP) is 1.96. The highest BCUT2D eigenvalue weighted by molar-refractivity contribution is 5.98. The molecule has 1 aromatic rings. The van der Waals surface area contributed by atoms with Gasteiger partial charge < -0.3 is 19.3 Å². The summed E-state index contributed by atoms with van der Waals surface area (Å²) in [5.74, 6) is -0.0215. The second-order valence-electron chi connectivity index (χ2n) is 7.36. The van der Waals surface area contributed by atoms with Crippen molar-refractivity contribution < 1.29 is 23.9 Å². The molecule has 0 radical (unpaired) electrons. The number of esters is 1. The number of carbonyl (C=O) groups is 3. The summed E-state index contributed by atoms with van der Waals surface area (Å²) in [6, 6.07) is 6.64. The highest BCUT2D eigenvalue weighted by Gasteiger charge is 2.26. The minimum atomic E-state index is -0.451. The lowest BCUT2D eigenvalue weighted by Gasteiger charge is -2.33. The summed E-state index contributed by atoms with van der Waals surface area (Å²) in [5, 5.41) is 0. The first-order valence-corrected chi connectivity index (χ1v) is 9.91. The summed E-state index contributed by atoms with van der Waals surface area (Å²) in [4.78, 5) is 40.6. The number of ether oxygens (including phenoxy) is 2. The first kappa shape index (κ1) is 20.3. The van der Waals surface area contributed by atoms with Gasteiger partial charge in [-0.3, -0.25) is 9.59 Å². The molecular formula is C21H28N2O5. The van der Waals surface area contributed by atoms with E-state index in [0.717, 1.165) is 19.3 Å². The van der Waals surface area contributed by atoms with Gasteiger partial charge in [0, 0.05) is 38.2 Å². The van der Waals surface area contributed by atoms with Crippen LogP contribution in [0.15, 0.2) is 24.3 Å². The number of rotatable bonds is 5. The summed E-state index contributed by atoms with van der Waals surface area (Å²) in [7, 11) is 1.32. The molecule has 0 saturated carbocycles. The predicted molar refractivity (Wildman–Crippen MR) is 103 cm³/mol. The van der Waals surface area contributed by atoms with Crippen LogP contribution in [0.25, 0.3) is 0 Å². The lowest BCUT2D eigenvalue weighted by atomic mass is 9.92. The van der Waals surface area contributed by atoms with E-state index in [-0.39, 0.29) is 11.8 Å². The van der Waals surface area contributed by atoms with Gasteiger partial charge in [-0.25, -0.2) is 4.79 Å². The number of morpholine rings is 1. The molecule has 0 N–H and O–H groups in total. The van der Waals surface area contributed by atoms with E-state index in [9.17, 15) is 14.4 Å². The van der Waals surface area contributed by atoms with E-state index in [4.69, 9.17) is 9.47 Å². The minimum absolute atomic E-state index is 0.0741. The van der Waals surface area contributed by atoms with E-state index >= 15 is 0 Å². The van der Waals surface area contributed by atoms with Crippen molar-refractivity contribution in [3.8, 4) is 0 Å². The fourth-order valence-corrected chi connectivity index (χ4v) is 3.86. The van der Waals surface area contributed by atoms with Crippen LogP contribution in [0.4, 0.5) is 0 Å². The van der Waals surface area contributed by atoms with Crippen molar-refractivity contribution in [2.24, 2.45) is 5.92 Å². The molecule has 7 nitrogen and oxygen atoms in total. The van der Waals surface area contributed by atoms with Crippen LogP contribution in [0.3, 0.4) is 0 Å². The van der Waals surface area contributed by atoms with Crippen molar-refractivity contribution in [2.75, 3.05) is 46.5 Å². The number of amides is 2. The van der Waals surface area contributed by atoms with Gasteiger partial charge in [-0.2, -0.15) is 0 Å². The van der Waals surface area contributed by atoms with Crippen LogP contribution in [0.5, 0.6) is 0 Å². The molecule has 2 heterocycles. The number of likely N-dealkylation sites (tertiary alicyclic amines) is 1. The van der Waals surface area contributed by atoms with Gasteiger partial charge >= 0.3 is 5.97 Å². The van der Waals surface area contributed by atoms with E-state index < -0.39 is 5.97 Å². The fraction of sp³-hybridized carbons (Fsp3) is 0.571. The van der Waals surface area contributed by atoms with Gasteiger partial charge in [-0.1, -0.05) is 6.07 Å². The van der Waals surface area contributed by atoms with Gasteiger partial charge in [-0.05, 0) is 43.4 Å². The number of methoxy groups -OCH3 is 1. The smallest absolute Gasteiger partial charge is 0.337 e. The molecule has 2 amide bonds. The Bertz CT molecular complexity index is 715. The maximum atomic E-state index is 12.9. The summed E-state index contributed by atoms with van der Waals surface area (Å²) in [6.07, 6.45) is 3.27. The number of piperidine rings is 1. The Morgan fingerprint density at radius 2 is 1.86 bits per heavy atom. The molecule has 2 aliphatic heterocycles. The first-order valence-electron chi connectivity index (χ1n) is 9.91. The third-order valence-corrected chi connectivity index (χ3v) is 5.47. The fourth-order valence-electron chi connectivity index (χ4n) is 3.86. The Kier molecular flexibility index (Phi) is 7.03. The minimum Gasteiger partial charge on any atom is -0.465 e. The Labute approximate surface area is 165 Å². The zero-order valence-corrected chi connectivity index (χ0v) is 16.4. The van der Waals surface area contributed by atoms with E-state index in [1.807, 2.05) is 9.80 Å². The number of hydrogen-bond acceptors (Lipinski definition) is 5. The van der Waals surface area contributed by atoms with Crippen molar-refractivity contribution in [3.63, 3.8) is 0 Å². The molecule has 1 atom stereocenters.